The highest BCUT2D eigenvalue weighted by Gasteiger charge is 2.28. The van der Waals surface area contributed by atoms with Gasteiger partial charge in [0.25, 0.3) is 0 Å². The molecule has 0 amide bonds. The van der Waals surface area contributed by atoms with E-state index in [0.29, 0.717) is 17.7 Å². The van der Waals surface area contributed by atoms with E-state index in [-0.39, 0.29) is 21.8 Å². The van der Waals surface area contributed by atoms with Crippen molar-refractivity contribution in [2.75, 3.05) is 5.75 Å². The summed E-state index contributed by atoms with van der Waals surface area (Å²) in [4.78, 5) is 10.8. The molecule has 0 spiro atoms. The summed E-state index contributed by atoms with van der Waals surface area (Å²) in [6.45, 7) is 1.50. The van der Waals surface area contributed by atoms with Crippen LogP contribution in [-0.2, 0) is 4.79 Å². The first-order valence-corrected chi connectivity index (χ1v) is 7.15. The SMILES string of the molecule is CC(=O)SCCC#Cc1ccc(SC(F)(F)F)cc1. The molecule has 102 valence electrons. The highest BCUT2D eigenvalue weighted by molar-refractivity contribution is 8.13. The zero-order valence-corrected chi connectivity index (χ0v) is 11.7. The third-order valence-corrected chi connectivity index (χ3v) is 3.41. The number of rotatable bonds is 3. The lowest BCUT2D eigenvalue weighted by Gasteiger charge is -2.04. The molecule has 0 radical (unpaired) electrons. The lowest BCUT2D eigenvalue weighted by Crippen LogP contribution is -1.98. The van der Waals surface area contributed by atoms with E-state index in [1.54, 1.807) is 12.1 Å². The molecule has 0 aromatic heterocycles. The molecule has 0 saturated carbocycles. The fraction of sp³-hybridized carbons (Fsp3) is 0.308. The van der Waals surface area contributed by atoms with E-state index in [1.807, 2.05) is 0 Å². The fourth-order valence-corrected chi connectivity index (χ4v) is 2.18. The summed E-state index contributed by atoms with van der Waals surface area (Å²) in [5, 5.41) is 0.0512. The molecule has 0 fully saturated rings. The minimum Gasteiger partial charge on any atom is -0.288 e. The molecule has 0 aliphatic rings. The highest BCUT2D eigenvalue weighted by atomic mass is 32.2. The number of thioether (sulfide) groups is 2. The maximum Gasteiger partial charge on any atom is 0.446 e. The van der Waals surface area contributed by atoms with Crippen molar-refractivity contribution in [1.82, 2.24) is 0 Å². The van der Waals surface area contributed by atoms with Gasteiger partial charge in [0.1, 0.15) is 0 Å². The highest BCUT2D eigenvalue weighted by Crippen LogP contribution is 2.36. The average molecular weight is 304 g/mol. The Morgan fingerprint density at radius 3 is 2.42 bits per heavy atom. The molecule has 0 heterocycles. The molecule has 0 N–H and O–H groups in total. The van der Waals surface area contributed by atoms with Crippen molar-refractivity contribution in [2.45, 2.75) is 23.7 Å². The van der Waals surface area contributed by atoms with Crippen molar-refractivity contribution in [3.05, 3.63) is 29.8 Å². The summed E-state index contributed by atoms with van der Waals surface area (Å²) in [7, 11) is 0. The van der Waals surface area contributed by atoms with Gasteiger partial charge in [0.15, 0.2) is 5.12 Å². The Hall–Kier alpha value is -1.06. The first-order valence-electron chi connectivity index (χ1n) is 5.35. The van der Waals surface area contributed by atoms with Gasteiger partial charge in [0, 0.05) is 29.6 Å². The maximum absolute atomic E-state index is 12.1. The van der Waals surface area contributed by atoms with Gasteiger partial charge in [-0.1, -0.05) is 23.6 Å². The first-order chi connectivity index (χ1) is 8.87. The van der Waals surface area contributed by atoms with Gasteiger partial charge in [-0.05, 0) is 36.0 Å². The van der Waals surface area contributed by atoms with Crippen molar-refractivity contribution in [3.8, 4) is 11.8 Å². The lowest BCUT2D eigenvalue weighted by molar-refractivity contribution is -0.109. The molecule has 0 atom stereocenters. The molecule has 1 aromatic rings. The molecule has 0 bridgehead atoms. The predicted octanol–water partition coefficient (Wildman–Crippen LogP) is 4.32. The van der Waals surface area contributed by atoms with Gasteiger partial charge in [-0.2, -0.15) is 13.2 Å². The van der Waals surface area contributed by atoms with Crippen LogP contribution in [0.5, 0.6) is 0 Å². The summed E-state index contributed by atoms with van der Waals surface area (Å²) in [5.41, 5.74) is -3.60. The molecule has 0 aliphatic heterocycles. The van der Waals surface area contributed by atoms with Crippen LogP contribution in [0, 0.1) is 11.8 Å². The van der Waals surface area contributed by atoms with Crippen LogP contribution in [0.1, 0.15) is 18.9 Å². The third-order valence-electron chi connectivity index (χ3n) is 1.85. The van der Waals surface area contributed by atoms with E-state index in [2.05, 4.69) is 11.8 Å². The van der Waals surface area contributed by atoms with Gasteiger partial charge >= 0.3 is 5.51 Å². The fourth-order valence-electron chi connectivity index (χ4n) is 1.15. The second-order valence-corrected chi connectivity index (χ2v) is 5.87. The molecule has 1 rings (SSSR count). The van der Waals surface area contributed by atoms with Gasteiger partial charge in [-0.25, -0.2) is 0 Å². The number of carbonyl (C=O) groups excluding carboxylic acids is 1. The Morgan fingerprint density at radius 1 is 1.26 bits per heavy atom. The van der Waals surface area contributed by atoms with Crippen molar-refractivity contribution in [1.29, 1.82) is 0 Å². The van der Waals surface area contributed by atoms with E-state index in [0.717, 1.165) is 0 Å². The maximum atomic E-state index is 12.1. The number of hydrogen-bond acceptors (Lipinski definition) is 3. The molecule has 0 aliphatic carbocycles. The summed E-state index contributed by atoms with van der Waals surface area (Å²) in [6, 6.07) is 5.90. The number of halogens is 3. The summed E-state index contributed by atoms with van der Waals surface area (Å²) >= 11 is 1.06. The summed E-state index contributed by atoms with van der Waals surface area (Å²) in [5.74, 6) is 6.35. The molecule has 6 heteroatoms. The largest absolute Gasteiger partial charge is 0.446 e. The minimum absolute atomic E-state index is 0.0512. The lowest BCUT2D eigenvalue weighted by atomic mass is 10.2. The van der Waals surface area contributed by atoms with Crippen LogP contribution in [-0.4, -0.2) is 16.4 Å². The van der Waals surface area contributed by atoms with Gasteiger partial charge in [-0.3, -0.25) is 4.79 Å². The smallest absolute Gasteiger partial charge is 0.288 e. The van der Waals surface area contributed by atoms with Crippen molar-refractivity contribution in [3.63, 3.8) is 0 Å². The van der Waals surface area contributed by atoms with Crippen LogP contribution in [0.2, 0.25) is 0 Å². The van der Waals surface area contributed by atoms with Crippen LogP contribution in [0.25, 0.3) is 0 Å². The number of alkyl halides is 3. The van der Waals surface area contributed by atoms with E-state index in [1.165, 1.54) is 30.8 Å². The Labute approximate surface area is 118 Å². The molecule has 1 aromatic carbocycles. The molecule has 19 heavy (non-hydrogen) atoms. The zero-order valence-electron chi connectivity index (χ0n) is 10.1. The molecule has 0 unspecified atom stereocenters. The van der Waals surface area contributed by atoms with Crippen molar-refractivity contribution >= 4 is 28.6 Å². The molecule has 1 nitrogen and oxygen atoms in total. The van der Waals surface area contributed by atoms with Crippen LogP contribution in [0.3, 0.4) is 0 Å². The Bertz CT molecular complexity index is 483. The van der Waals surface area contributed by atoms with Crippen LogP contribution in [0.15, 0.2) is 29.2 Å². The summed E-state index contributed by atoms with van der Waals surface area (Å²) < 4.78 is 36.3. The summed E-state index contributed by atoms with van der Waals surface area (Å²) in [6.07, 6.45) is 0.573. The topological polar surface area (TPSA) is 17.1 Å². The average Bonchev–Trinajstić information content (AvgIpc) is 2.28. The van der Waals surface area contributed by atoms with Gasteiger partial charge < -0.3 is 0 Å². The monoisotopic (exact) mass is 304 g/mol. The zero-order chi connectivity index (χ0) is 14.3. The van der Waals surface area contributed by atoms with Gasteiger partial charge in [-0.15, -0.1) is 0 Å². The van der Waals surface area contributed by atoms with E-state index in [9.17, 15) is 18.0 Å². The quantitative estimate of drug-likeness (QED) is 0.470. The van der Waals surface area contributed by atoms with Crippen molar-refractivity contribution < 1.29 is 18.0 Å². The third kappa shape index (κ3) is 7.85. The van der Waals surface area contributed by atoms with E-state index < -0.39 is 5.51 Å². The first kappa shape index (κ1) is 16.0. The van der Waals surface area contributed by atoms with Crippen molar-refractivity contribution in [2.24, 2.45) is 0 Å². The van der Waals surface area contributed by atoms with Gasteiger partial charge in [0.2, 0.25) is 0 Å². The minimum atomic E-state index is -4.27. The molecule has 0 saturated heterocycles. The van der Waals surface area contributed by atoms with E-state index >= 15 is 0 Å². The predicted molar refractivity (Wildman–Crippen MR) is 73.0 cm³/mol. The second kappa shape index (κ2) is 7.51. The van der Waals surface area contributed by atoms with Gasteiger partial charge in [0.05, 0.1) is 0 Å². The Kier molecular flexibility index (Phi) is 6.32. The van der Waals surface area contributed by atoms with E-state index in [4.69, 9.17) is 0 Å². The number of benzene rings is 1. The molecular weight excluding hydrogens is 293 g/mol. The Balaban J connectivity index is 2.48. The van der Waals surface area contributed by atoms with Crippen LogP contribution >= 0.6 is 23.5 Å². The number of carbonyl (C=O) groups is 1. The standard InChI is InChI=1S/C13H11F3OS2/c1-10(17)18-9-3-2-4-11-5-7-12(8-6-11)19-13(14,15)16/h5-8H,3,9H2,1H3. The number of hydrogen-bond donors (Lipinski definition) is 0. The van der Waals surface area contributed by atoms with Crippen LogP contribution < -0.4 is 0 Å². The van der Waals surface area contributed by atoms with Crippen LogP contribution in [0.4, 0.5) is 13.2 Å². The Morgan fingerprint density at radius 2 is 1.89 bits per heavy atom. The molecular formula is C13H11F3OS2. The second-order valence-electron chi connectivity index (χ2n) is 3.46. The normalized spacial score (nSPS) is 10.7.